The van der Waals surface area contributed by atoms with Crippen molar-refractivity contribution < 1.29 is 19.1 Å². The molecule has 0 aliphatic rings. The molecule has 0 aliphatic carbocycles. The standard InChI is InChI=1S/C26H20BrClN2O4/c1-3-33-22-14-17(13-20(27)24(22)34-26(32)18-9-5-4-6-10-18)12-19(15-29)25(31)30-23-16(2)8-7-11-21(23)28/h4-14H,3H2,1-2H3,(H,30,31)/b19-12+. The van der Waals surface area contributed by atoms with Crippen LogP contribution in [0.4, 0.5) is 5.69 Å². The Morgan fingerprint density at radius 1 is 1.15 bits per heavy atom. The van der Waals surface area contributed by atoms with Crippen LogP contribution in [-0.4, -0.2) is 18.5 Å². The fraction of sp³-hybridized carbons (Fsp3) is 0.115. The summed E-state index contributed by atoms with van der Waals surface area (Å²) in [5, 5.41) is 12.6. The lowest BCUT2D eigenvalue weighted by Crippen LogP contribution is -2.14. The van der Waals surface area contributed by atoms with Gasteiger partial charge in [0.1, 0.15) is 11.6 Å². The highest BCUT2D eigenvalue weighted by molar-refractivity contribution is 9.10. The van der Waals surface area contributed by atoms with Gasteiger partial charge in [-0.25, -0.2) is 4.79 Å². The first-order chi connectivity index (χ1) is 16.3. The Kier molecular flexibility index (Phi) is 8.47. The van der Waals surface area contributed by atoms with Crippen LogP contribution in [0, 0.1) is 18.3 Å². The van der Waals surface area contributed by atoms with Crippen LogP contribution in [0.3, 0.4) is 0 Å². The number of hydrogen-bond acceptors (Lipinski definition) is 5. The van der Waals surface area contributed by atoms with Crippen molar-refractivity contribution in [2.45, 2.75) is 13.8 Å². The lowest BCUT2D eigenvalue weighted by molar-refractivity contribution is -0.112. The van der Waals surface area contributed by atoms with Gasteiger partial charge in [-0.15, -0.1) is 0 Å². The molecule has 3 rings (SSSR count). The lowest BCUT2D eigenvalue weighted by Gasteiger charge is -2.14. The van der Waals surface area contributed by atoms with Crippen LogP contribution in [0.2, 0.25) is 5.02 Å². The van der Waals surface area contributed by atoms with E-state index >= 15 is 0 Å². The van der Waals surface area contributed by atoms with Crippen molar-refractivity contribution >= 4 is 51.2 Å². The number of esters is 1. The van der Waals surface area contributed by atoms with E-state index in [-0.39, 0.29) is 17.1 Å². The molecular weight excluding hydrogens is 520 g/mol. The molecular formula is C26H20BrClN2O4. The highest BCUT2D eigenvalue weighted by Crippen LogP contribution is 2.38. The number of ether oxygens (including phenoxy) is 2. The molecule has 0 fully saturated rings. The number of para-hydroxylation sites is 1. The molecule has 0 radical (unpaired) electrons. The molecule has 0 spiro atoms. The summed E-state index contributed by atoms with van der Waals surface area (Å²) in [6.45, 7) is 3.91. The summed E-state index contributed by atoms with van der Waals surface area (Å²) in [6.07, 6.45) is 1.41. The Balaban J connectivity index is 1.92. The first kappa shape index (κ1) is 25.0. The van der Waals surface area contributed by atoms with E-state index in [1.54, 1.807) is 74.5 Å². The van der Waals surface area contributed by atoms with Gasteiger partial charge in [0.15, 0.2) is 11.5 Å². The van der Waals surface area contributed by atoms with Crippen molar-refractivity contribution in [3.8, 4) is 17.6 Å². The Hall–Kier alpha value is -3.60. The number of nitrogens with one attached hydrogen (secondary N) is 1. The number of halogens is 2. The first-order valence-corrected chi connectivity index (χ1v) is 11.4. The third-order valence-electron chi connectivity index (χ3n) is 4.67. The normalized spacial score (nSPS) is 10.9. The fourth-order valence-electron chi connectivity index (χ4n) is 3.05. The van der Waals surface area contributed by atoms with Crippen LogP contribution in [0.1, 0.15) is 28.4 Å². The first-order valence-electron chi connectivity index (χ1n) is 10.3. The second-order valence-electron chi connectivity index (χ2n) is 7.07. The summed E-state index contributed by atoms with van der Waals surface area (Å²) < 4.78 is 11.6. The molecule has 0 saturated heterocycles. The van der Waals surface area contributed by atoms with Gasteiger partial charge in [0.05, 0.1) is 27.4 Å². The minimum Gasteiger partial charge on any atom is -0.490 e. The highest BCUT2D eigenvalue weighted by Gasteiger charge is 2.18. The zero-order chi connectivity index (χ0) is 24.7. The highest BCUT2D eigenvalue weighted by atomic mass is 79.9. The van der Waals surface area contributed by atoms with Gasteiger partial charge in [0.2, 0.25) is 0 Å². The van der Waals surface area contributed by atoms with Crippen molar-refractivity contribution in [3.63, 3.8) is 0 Å². The van der Waals surface area contributed by atoms with Gasteiger partial charge in [0, 0.05) is 0 Å². The number of aryl methyl sites for hydroxylation is 1. The van der Waals surface area contributed by atoms with E-state index < -0.39 is 11.9 Å². The molecule has 3 aromatic rings. The third kappa shape index (κ3) is 6.04. The van der Waals surface area contributed by atoms with Crippen molar-refractivity contribution in [2.75, 3.05) is 11.9 Å². The van der Waals surface area contributed by atoms with Gasteiger partial charge in [-0.1, -0.05) is 41.9 Å². The molecule has 0 unspecified atom stereocenters. The van der Waals surface area contributed by atoms with E-state index in [1.807, 2.05) is 6.07 Å². The number of carbonyl (C=O) groups excluding carboxylic acids is 2. The molecule has 0 atom stereocenters. The number of nitriles is 1. The Labute approximate surface area is 210 Å². The minimum atomic E-state index is -0.604. The molecule has 34 heavy (non-hydrogen) atoms. The van der Waals surface area contributed by atoms with Crippen LogP contribution in [0.25, 0.3) is 6.08 Å². The molecule has 0 aliphatic heterocycles. The molecule has 1 amide bonds. The van der Waals surface area contributed by atoms with E-state index in [0.29, 0.717) is 32.9 Å². The number of carbonyl (C=O) groups is 2. The molecule has 8 heteroatoms. The monoisotopic (exact) mass is 538 g/mol. The quantitative estimate of drug-likeness (QED) is 0.159. The van der Waals surface area contributed by atoms with Crippen molar-refractivity contribution in [1.82, 2.24) is 0 Å². The number of amides is 1. The smallest absolute Gasteiger partial charge is 0.343 e. The molecule has 6 nitrogen and oxygen atoms in total. The zero-order valence-electron chi connectivity index (χ0n) is 18.4. The zero-order valence-corrected chi connectivity index (χ0v) is 20.7. The molecule has 0 saturated carbocycles. The summed E-state index contributed by atoms with van der Waals surface area (Å²) in [7, 11) is 0. The van der Waals surface area contributed by atoms with Crippen LogP contribution in [-0.2, 0) is 4.79 Å². The van der Waals surface area contributed by atoms with Crippen LogP contribution < -0.4 is 14.8 Å². The molecule has 1 N–H and O–H groups in total. The summed E-state index contributed by atoms with van der Waals surface area (Å²) in [6, 6.07) is 18.9. The van der Waals surface area contributed by atoms with E-state index in [2.05, 4.69) is 21.2 Å². The van der Waals surface area contributed by atoms with Crippen molar-refractivity contribution in [3.05, 3.63) is 92.4 Å². The second-order valence-corrected chi connectivity index (χ2v) is 8.34. The molecule has 172 valence electrons. The summed E-state index contributed by atoms with van der Waals surface area (Å²) in [5.74, 6) is -0.667. The maximum absolute atomic E-state index is 12.7. The van der Waals surface area contributed by atoms with Gasteiger partial charge in [-0.3, -0.25) is 4.79 Å². The predicted octanol–water partition coefficient (Wildman–Crippen LogP) is 6.57. The number of rotatable bonds is 7. The summed E-state index contributed by atoms with van der Waals surface area (Å²) in [4.78, 5) is 25.3. The predicted molar refractivity (Wildman–Crippen MR) is 135 cm³/mol. The van der Waals surface area contributed by atoms with E-state index in [0.717, 1.165) is 5.56 Å². The summed E-state index contributed by atoms with van der Waals surface area (Å²) >= 11 is 9.58. The van der Waals surface area contributed by atoms with Crippen molar-refractivity contribution in [2.24, 2.45) is 0 Å². The second kappa shape index (κ2) is 11.5. The molecule has 3 aromatic carbocycles. The van der Waals surface area contributed by atoms with Gasteiger partial charge >= 0.3 is 5.97 Å². The van der Waals surface area contributed by atoms with E-state index in [9.17, 15) is 14.9 Å². The number of hydrogen-bond donors (Lipinski definition) is 1. The maximum Gasteiger partial charge on any atom is 0.343 e. The van der Waals surface area contributed by atoms with Gasteiger partial charge in [-0.2, -0.15) is 5.26 Å². The lowest BCUT2D eigenvalue weighted by atomic mass is 10.1. The van der Waals surface area contributed by atoms with E-state index in [1.165, 1.54) is 6.08 Å². The topological polar surface area (TPSA) is 88.4 Å². The molecule has 0 heterocycles. The SMILES string of the molecule is CCOc1cc(/C=C(\C#N)C(=O)Nc2c(C)cccc2Cl)cc(Br)c1OC(=O)c1ccccc1. The average Bonchev–Trinajstić information content (AvgIpc) is 2.82. The third-order valence-corrected chi connectivity index (χ3v) is 5.58. The molecule has 0 aromatic heterocycles. The van der Waals surface area contributed by atoms with Crippen molar-refractivity contribution in [1.29, 1.82) is 5.26 Å². The number of benzene rings is 3. The largest absolute Gasteiger partial charge is 0.490 e. The van der Waals surface area contributed by atoms with E-state index in [4.69, 9.17) is 21.1 Å². The van der Waals surface area contributed by atoms with Crippen LogP contribution in [0.15, 0.2) is 70.7 Å². The Morgan fingerprint density at radius 2 is 1.88 bits per heavy atom. The van der Waals surface area contributed by atoms with Gasteiger partial charge in [-0.05, 0) is 77.3 Å². The van der Waals surface area contributed by atoms with Gasteiger partial charge < -0.3 is 14.8 Å². The van der Waals surface area contributed by atoms with Crippen LogP contribution in [0.5, 0.6) is 11.5 Å². The number of anilines is 1. The van der Waals surface area contributed by atoms with Crippen LogP contribution >= 0.6 is 27.5 Å². The fourth-order valence-corrected chi connectivity index (χ4v) is 3.86. The van der Waals surface area contributed by atoms with Gasteiger partial charge in [0.25, 0.3) is 5.91 Å². The minimum absolute atomic E-state index is 0.136. The number of nitrogens with zero attached hydrogens (tertiary/aromatic N) is 1. The summed E-state index contributed by atoms with van der Waals surface area (Å²) in [5.41, 5.74) is 1.96. The Bertz CT molecular complexity index is 1280. The Morgan fingerprint density at radius 3 is 2.53 bits per heavy atom. The molecule has 0 bridgehead atoms. The average molecular weight is 540 g/mol. The maximum atomic E-state index is 12.7.